The van der Waals surface area contributed by atoms with Crippen molar-refractivity contribution in [2.24, 2.45) is 0 Å². The van der Waals surface area contributed by atoms with Crippen molar-refractivity contribution in [3.8, 4) is 5.75 Å². The van der Waals surface area contributed by atoms with E-state index in [1.807, 2.05) is 45.0 Å². The number of ether oxygens (including phenoxy) is 2. The van der Waals surface area contributed by atoms with Crippen LogP contribution in [0.5, 0.6) is 5.75 Å². The molecule has 1 unspecified atom stereocenters. The van der Waals surface area contributed by atoms with E-state index in [4.69, 9.17) is 9.47 Å². The van der Waals surface area contributed by atoms with Gasteiger partial charge in [-0.1, -0.05) is 12.1 Å². The number of nitrogens with zero attached hydrogens (tertiary/aromatic N) is 1. The van der Waals surface area contributed by atoms with Gasteiger partial charge < -0.3 is 14.8 Å². The molecule has 1 aliphatic rings. The summed E-state index contributed by atoms with van der Waals surface area (Å²) in [6, 6.07) is 7.64. The van der Waals surface area contributed by atoms with Gasteiger partial charge in [0.15, 0.2) is 0 Å². The number of nitrogens with one attached hydrogen (secondary N) is 1. The van der Waals surface area contributed by atoms with E-state index in [1.165, 1.54) is 0 Å². The van der Waals surface area contributed by atoms with E-state index in [2.05, 4.69) is 10.2 Å². The molecule has 1 aromatic carbocycles. The van der Waals surface area contributed by atoms with Crippen LogP contribution >= 0.6 is 0 Å². The Hall–Kier alpha value is -1.59. The van der Waals surface area contributed by atoms with Crippen molar-refractivity contribution < 1.29 is 14.3 Å². The third-order valence-electron chi connectivity index (χ3n) is 4.22. The highest BCUT2D eigenvalue weighted by molar-refractivity contribution is 5.82. The Balaban J connectivity index is 2.01. The predicted octanol–water partition coefficient (Wildman–Crippen LogP) is 1.77. The third kappa shape index (κ3) is 3.99. The maximum atomic E-state index is 12.5. The van der Waals surface area contributed by atoms with Crippen molar-refractivity contribution in [1.82, 2.24) is 10.2 Å². The van der Waals surface area contributed by atoms with Crippen LogP contribution in [0.2, 0.25) is 0 Å². The highest BCUT2D eigenvalue weighted by atomic mass is 16.5. The van der Waals surface area contributed by atoms with Gasteiger partial charge in [0.05, 0.1) is 31.9 Å². The van der Waals surface area contributed by atoms with Crippen molar-refractivity contribution in [2.45, 2.75) is 32.4 Å². The molecule has 0 radical (unpaired) electrons. The first-order chi connectivity index (χ1) is 10.4. The predicted molar refractivity (Wildman–Crippen MR) is 86.0 cm³/mol. The van der Waals surface area contributed by atoms with E-state index in [-0.39, 0.29) is 11.9 Å². The number of amides is 1. The highest BCUT2D eigenvalue weighted by Gasteiger charge is 2.29. The molecule has 1 atom stereocenters. The summed E-state index contributed by atoms with van der Waals surface area (Å²) in [6.45, 7) is 8.97. The number of methoxy groups -OCH3 is 1. The first kappa shape index (κ1) is 16.8. The summed E-state index contributed by atoms with van der Waals surface area (Å²) in [6.07, 6.45) is 0. The molecule has 1 heterocycles. The van der Waals surface area contributed by atoms with Gasteiger partial charge in [0.25, 0.3) is 0 Å². The molecule has 1 aromatic rings. The topological polar surface area (TPSA) is 50.8 Å². The van der Waals surface area contributed by atoms with E-state index in [9.17, 15) is 4.79 Å². The molecule has 22 heavy (non-hydrogen) atoms. The Labute approximate surface area is 132 Å². The molecule has 1 N–H and O–H groups in total. The molecule has 122 valence electrons. The van der Waals surface area contributed by atoms with Crippen molar-refractivity contribution >= 4 is 5.91 Å². The summed E-state index contributed by atoms with van der Waals surface area (Å²) in [5.74, 6) is 0.857. The summed E-state index contributed by atoms with van der Waals surface area (Å²) >= 11 is 0. The van der Waals surface area contributed by atoms with Gasteiger partial charge in [-0.05, 0) is 38.5 Å². The van der Waals surface area contributed by atoms with Gasteiger partial charge >= 0.3 is 0 Å². The lowest BCUT2D eigenvalue weighted by molar-refractivity contribution is -0.129. The Morgan fingerprint density at radius 1 is 1.27 bits per heavy atom. The van der Waals surface area contributed by atoms with E-state index in [0.717, 1.165) is 24.4 Å². The molecular weight excluding hydrogens is 280 g/mol. The summed E-state index contributed by atoms with van der Waals surface area (Å²) in [5.41, 5.74) is 0.625. The molecule has 2 rings (SSSR count). The normalized spacial score (nSPS) is 17.8. The molecule has 1 aliphatic heterocycles. The van der Waals surface area contributed by atoms with Crippen LogP contribution in [0.15, 0.2) is 24.3 Å². The molecule has 5 heteroatoms. The lowest BCUT2D eigenvalue weighted by Crippen LogP contribution is -2.53. The lowest BCUT2D eigenvalue weighted by atomic mass is 9.93. The Morgan fingerprint density at radius 2 is 1.86 bits per heavy atom. The number of hydrogen-bond acceptors (Lipinski definition) is 4. The van der Waals surface area contributed by atoms with E-state index in [1.54, 1.807) is 7.11 Å². The average Bonchev–Trinajstić information content (AvgIpc) is 2.54. The highest BCUT2D eigenvalue weighted by Crippen LogP contribution is 2.23. The molecule has 0 spiro atoms. The molecule has 1 amide bonds. The average molecular weight is 306 g/mol. The molecule has 1 fully saturated rings. The third-order valence-corrected chi connectivity index (χ3v) is 4.22. The molecule has 5 nitrogen and oxygen atoms in total. The second-order valence-electron chi connectivity index (χ2n) is 6.17. The fourth-order valence-corrected chi connectivity index (χ4v) is 2.62. The van der Waals surface area contributed by atoms with Crippen molar-refractivity contribution in [1.29, 1.82) is 0 Å². The molecule has 0 bridgehead atoms. The largest absolute Gasteiger partial charge is 0.497 e. The van der Waals surface area contributed by atoms with Crippen molar-refractivity contribution in [2.75, 3.05) is 33.4 Å². The maximum absolute atomic E-state index is 12.5. The number of benzene rings is 1. The number of carbonyl (C=O) groups excluding carboxylic acids is 1. The zero-order chi connectivity index (χ0) is 16.2. The molecular formula is C17H26N2O3. The fourth-order valence-electron chi connectivity index (χ4n) is 2.62. The van der Waals surface area contributed by atoms with E-state index in [0.29, 0.717) is 13.2 Å². The first-order valence-corrected chi connectivity index (χ1v) is 7.72. The number of morpholine rings is 1. The van der Waals surface area contributed by atoms with Crippen LogP contribution < -0.4 is 10.1 Å². The van der Waals surface area contributed by atoms with Crippen LogP contribution in [0, 0.1) is 0 Å². The monoisotopic (exact) mass is 306 g/mol. The molecule has 0 saturated carbocycles. The van der Waals surface area contributed by atoms with Crippen LogP contribution in [0.25, 0.3) is 0 Å². The van der Waals surface area contributed by atoms with E-state index < -0.39 is 5.54 Å². The SMILES string of the molecule is COc1ccc(C(C)(C)NC(=O)C(C)N2CCOCC2)cc1. The number of carbonyl (C=O) groups is 1. The van der Waals surface area contributed by atoms with Crippen LogP contribution in [0.4, 0.5) is 0 Å². The number of rotatable bonds is 5. The Morgan fingerprint density at radius 3 is 2.41 bits per heavy atom. The second-order valence-corrected chi connectivity index (χ2v) is 6.17. The van der Waals surface area contributed by atoms with Gasteiger partial charge in [-0.15, -0.1) is 0 Å². The van der Waals surface area contributed by atoms with Gasteiger partial charge in [-0.2, -0.15) is 0 Å². The summed E-state index contributed by atoms with van der Waals surface area (Å²) < 4.78 is 10.5. The zero-order valence-electron chi connectivity index (χ0n) is 13.9. The second kappa shape index (κ2) is 7.11. The minimum Gasteiger partial charge on any atom is -0.497 e. The Kier molecular flexibility index (Phi) is 5.42. The summed E-state index contributed by atoms with van der Waals surface area (Å²) in [5, 5.41) is 3.14. The first-order valence-electron chi connectivity index (χ1n) is 7.72. The van der Waals surface area contributed by atoms with Gasteiger partial charge in [-0.3, -0.25) is 9.69 Å². The number of hydrogen-bond donors (Lipinski definition) is 1. The van der Waals surface area contributed by atoms with Crippen LogP contribution in [-0.4, -0.2) is 50.3 Å². The minimum absolute atomic E-state index is 0.0442. The maximum Gasteiger partial charge on any atom is 0.237 e. The van der Waals surface area contributed by atoms with Crippen LogP contribution in [0.3, 0.4) is 0 Å². The van der Waals surface area contributed by atoms with E-state index >= 15 is 0 Å². The fraction of sp³-hybridized carbons (Fsp3) is 0.588. The lowest BCUT2D eigenvalue weighted by Gasteiger charge is -2.34. The van der Waals surface area contributed by atoms with Gasteiger partial charge in [0.2, 0.25) is 5.91 Å². The van der Waals surface area contributed by atoms with Crippen LogP contribution in [0.1, 0.15) is 26.3 Å². The standard InChI is InChI=1S/C17H26N2O3/c1-13(19-9-11-22-12-10-19)16(20)18-17(2,3)14-5-7-15(21-4)8-6-14/h5-8,13H,9-12H2,1-4H3,(H,18,20). The van der Waals surface area contributed by atoms with Gasteiger partial charge in [0, 0.05) is 13.1 Å². The summed E-state index contributed by atoms with van der Waals surface area (Å²) in [4.78, 5) is 14.7. The van der Waals surface area contributed by atoms with Gasteiger partial charge in [0.1, 0.15) is 5.75 Å². The molecule has 1 saturated heterocycles. The van der Waals surface area contributed by atoms with Crippen LogP contribution in [-0.2, 0) is 15.1 Å². The quantitative estimate of drug-likeness (QED) is 0.901. The van der Waals surface area contributed by atoms with Crippen molar-refractivity contribution in [3.63, 3.8) is 0 Å². The molecule has 0 aliphatic carbocycles. The summed E-state index contributed by atoms with van der Waals surface area (Å²) in [7, 11) is 1.64. The minimum atomic E-state index is -0.427. The van der Waals surface area contributed by atoms with Crippen molar-refractivity contribution in [3.05, 3.63) is 29.8 Å². The zero-order valence-corrected chi connectivity index (χ0v) is 13.9. The Bertz CT molecular complexity index is 493. The molecule has 0 aromatic heterocycles. The van der Waals surface area contributed by atoms with Gasteiger partial charge in [-0.25, -0.2) is 0 Å². The smallest absolute Gasteiger partial charge is 0.237 e.